The number of nitrogens with zero attached hydrogens (tertiary/aromatic N) is 3. The number of ether oxygens (including phenoxy) is 1. The molecular formula is C18H21N3O3. The first-order valence-corrected chi connectivity index (χ1v) is 8.00. The number of carbonyl (C=O) groups is 2. The van der Waals surface area contributed by atoms with Gasteiger partial charge in [-0.2, -0.15) is 0 Å². The highest BCUT2D eigenvalue weighted by atomic mass is 16.5. The molecule has 0 aromatic heterocycles. The summed E-state index contributed by atoms with van der Waals surface area (Å²) in [5, 5.41) is 0. The predicted octanol–water partition coefficient (Wildman–Crippen LogP) is 0.183. The summed E-state index contributed by atoms with van der Waals surface area (Å²) < 4.78 is 5.45. The molecule has 6 nitrogen and oxygen atoms in total. The number of likely N-dealkylation sites (N-methyl/N-ethyl adjacent to an activating group) is 1. The lowest BCUT2D eigenvalue weighted by Crippen LogP contribution is -2.65. The minimum absolute atomic E-state index is 0.0189. The van der Waals surface area contributed by atoms with E-state index in [4.69, 9.17) is 11.2 Å². The fraction of sp³-hybridized carbons (Fsp3) is 0.444. The van der Waals surface area contributed by atoms with E-state index in [1.54, 1.807) is 11.9 Å². The first-order chi connectivity index (χ1) is 11.6. The third kappa shape index (κ3) is 3.36. The van der Waals surface area contributed by atoms with Crippen molar-refractivity contribution in [2.45, 2.75) is 12.6 Å². The van der Waals surface area contributed by atoms with Crippen LogP contribution in [0.3, 0.4) is 0 Å². The Hall–Kier alpha value is -2.52. The number of hydrogen-bond acceptors (Lipinski definition) is 4. The zero-order valence-corrected chi connectivity index (χ0v) is 13.8. The van der Waals surface area contributed by atoms with Gasteiger partial charge in [-0.3, -0.25) is 14.5 Å². The Kier molecular flexibility index (Phi) is 4.72. The summed E-state index contributed by atoms with van der Waals surface area (Å²) in [6.45, 7) is 3.05. The molecule has 2 heterocycles. The molecule has 2 aliphatic rings. The Bertz CT molecular complexity index is 682. The van der Waals surface area contributed by atoms with Crippen molar-refractivity contribution >= 4 is 11.8 Å². The van der Waals surface area contributed by atoms with Crippen molar-refractivity contribution in [2.24, 2.45) is 0 Å². The molecule has 0 N–H and O–H groups in total. The van der Waals surface area contributed by atoms with Crippen LogP contribution in [0.5, 0.6) is 5.75 Å². The maximum absolute atomic E-state index is 12.3. The fourth-order valence-corrected chi connectivity index (χ4v) is 3.24. The monoisotopic (exact) mass is 327 g/mol. The number of carbonyl (C=O) groups excluding carboxylic acids is 2. The summed E-state index contributed by atoms with van der Waals surface area (Å²) in [4.78, 5) is 29.8. The Morgan fingerprint density at radius 2 is 2.17 bits per heavy atom. The maximum atomic E-state index is 12.3. The number of hydrogen-bond donors (Lipinski definition) is 0. The predicted molar refractivity (Wildman–Crippen MR) is 89.2 cm³/mol. The lowest BCUT2D eigenvalue weighted by atomic mass is 10.1. The maximum Gasteiger partial charge on any atom is 0.246 e. The molecule has 0 aliphatic carbocycles. The summed E-state index contributed by atoms with van der Waals surface area (Å²) in [7, 11) is 1.68. The zero-order chi connectivity index (χ0) is 17.1. The van der Waals surface area contributed by atoms with E-state index in [1.165, 1.54) is 4.90 Å². The Morgan fingerprint density at radius 3 is 2.96 bits per heavy atom. The second-order valence-electron chi connectivity index (χ2n) is 6.17. The number of piperazine rings is 2. The Morgan fingerprint density at radius 1 is 1.33 bits per heavy atom. The molecule has 126 valence electrons. The largest absolute Gasteiger partial charge is 0.481 e. The third-order valence-corrected chi connectivity index (χ3v) is 4.45. The standard InChI is InChI=1S/C18H21N3O3/c1-3-9-24-15-6-4-5-14(10-15)11-20-7-8-21-16(12-20)18(23)19(2)13-17(21)22/h1,4-6,10,16H,7-9,11-13H2,2H3/t16-/m0/s1. The zero-order valence-electron chi connectivity index (χ0n) is 13.8. The van der Waals surface area contributed by atoms with Crippen LogP contribution in [0, 0.1) is 12.3 Å². The summed E-state index contributed by atoms with van der Waals surface area (Å²) in [6.07, 6.45) is 5.21. The highest BCUT2D eigenvalue weighted by Crippen LogP contribution is 2.20. The third-order valence-electron chi connectivity index (χ3n) is 4.45. The topological polar surface area (TPSA) is 53.1 Å². The van der Waals surface area contributed by atoms with Gasteiger partial charge < -0.3 is 14.5 Å². The van der Waals surface area contributed by atoms with Crippen molar-refractivity contribution in [1.82, 2.24) is 14.7 Å². The Balaban J connectivity index is 1.66. The summed E-state index contributed by atoms with van der Waals surface area (Å²) in [6, 6.07) is 7.42. The van der Waals surface area contributed by atoms with Crippen LogP contribution in [-0.4, -0.2) is 72.4 Å². The molecule has 2 fully saturated rings. The van der Waals surface area contributed by atoms with E-state index < -0.39 is 0 Å². The van der Waals surface area contributed by atoms with E-state index in [0.29, 0.717) is 19.6 Å². The lowest BCUT2D eigenvalue weighted by molar-refractivity contribution is -0.158. The van der Waals surface area contributed by atoms with Gasteiger partial charge in [0.05, 0.1) is 6.54 Å². The van der Waals surface area contributed by atoms with Gasteiger partial charge in [0, 0.05) is 33.2 Å². The van der Waals surface area contributed by atoms with Crippen molar-refractivity contribution in [3.63, 3.8) is 0 Å². The van der Waals surface area contributed by atoms with Crippen molar-refractivity contribution < 1.29 is 14.3 Å². The molecule has 2 aliphatic heterocycles. The normalized spacial score (nSPS) is 21.4. The van der Waals surface area contributed by atoms with Gasteiger partial charge in [0.1, 0.15) is 18.4 Å². The van der Waals surface area contributed by atoms with E-state index in [1.807, 2.05) is 24.3 Å². The first-order valence-electron chi connectivity index (χ1n) is 8.00. The van der Waals surface area contributed by atoms with Gasteiger partial charge in [0.2, 0.25) is 11.8 Å². The van der Waals surface area contributed by atoms with Gasteiger partial charge in [0.25, 0.3) is 0 Å². The van der Waals surface area contributed by atoms with Crippen LogP contribution < -0.4 is 4.74 Å². The van der Waals surface area contributed by atoms with Crippen molar-refractivity contribution in [2.75, 3.05) is 39.8 Å². The number of amides is 2. The summed E-state index contributed by atoms with van der Waals surface area (Å²) in [5.74, 6) is 3.24. The van der Waals surface area contributed by atoms with Crippen LogP contribution in [-0.2, 0) is 16.1 Å². The average Bonchev–Trinajstić information content (AvgIpc) is 2.58. The van der Waals surface area contributed by atoms with Gasteiger partial charge in [-0.05, 0) is 17.7 Å². The number of rotatable bonds is 4. The molecule has 1 aromatic carbocycles. The molecule has 6 heteroatoms. The number of fused-ring (bicyclic) bond motifs is 1. The number of terminal acetylenes is 1. The van der Waals surface area contributed by atoms with E-state index >= 15 is 0 Å². The molecule has 1 atom stereocenters. The minimum Gasteiger partial charge on any atom is -0.481 e. The van der Waals surface area contributed by atoms with Gasteiger partial charge in [-0.25, -0.2) is 0 Å². The molecule has 0 spiro atoms. The Labute approximate surface area is 142 Å². The molecule has 1 aromatic rings. The van der Waals surface area contributed by atoms with Gasteiger partial charge in [-0.1, -0.05) is 18.1 Å². The molecule has 2 amide bonds. The minimum atomic E-state index is -0.370. The van der Waals surface area contributed by atoms with Crippen molar-refractivity contribution in [1.29, 1.82) is 0 Å². The molecule has 3 rings (SSSR count). The van der Waals surface area contributed by atoms with Crippen LogP contribution in [0.2, 0.25) is 0 Å². The molecule has 24 heavy (non-hydrogen) atoms. The van der Waals surface area contributed by atoms with Gasteiger partial charge >= 0.3 is 0 Å². The average molecular weight is 327 g/mol. The van der Waals surface area contributed by atoms with E-state index in [2.05, 4.69) is 10.8 Å². The van der Waals surface area contributed by atoms with Crippen LogP contribution >= 0.6 is 0 Å². The van der Waals surface area contributed by atoms with Crippen LogP contribution in [0.1, 0.15) is 5.56 Å². The molecule has 0 unspecified atom stereocenters. The fourth-order valence-electron chi connectivity index (χ4n) is 3.24. The van der Waals surface area contributed by atoms with Crippen molar-refractivity contribution in [3.8, 4) is 18.1 Å². The number of benzene rings is 1. The van der Waals surface area contributed by atoms with Crippen molar-refractivity contribution in [3.05, 3.63) is 29.8 Å². The molecule has 2 saturated heterocycles. The van der Waals surface area contributed by atoms with Gasteiger partial charge in [-0.15, -0.1) is 6.42 Å². The van der Waals surface area contributed by atoms with Crippen LogP contribution in [0.4, 0.5) is 0 Å². The smallest absolute Gasteiger partial charge is 0.246 e. The lowest BCUT2D eigenvalue weighted by Gasteiger charge is -2.45. The molecular weight excluding hydrogens is 306 g/mol. The highest BCUT2D eigenvalue weighted by Gasteiger charge is 2.41. The molecule has 0 radical (unpaired) electrons. The van der Waals surface area contributed by atoms with E-state index in [0.717, 1.165) is 17.9 Å². The SMILES string of the molecule is C#CCOc1cccc(CN2CCN3C(=O)CN(C)C(=O)[C@@H]3C2)c1. The summed E-state index contributed by atoms with van der Waals surface area (Å²) >= 11 is 0. The molecule has 0 bridgehead atoms. The summed E-state index contributed by atoms with van der Waals surface area (Å²) in [5.41, 5.74) is 1.10. The van der Waals surface area contributed by atoms with Crippen LogP contribution in [0.25, 0.3) is 0 Å². The second kappa shape index (κ2) is 6.93. The second-order valence-corrected chi connectivity index (χ2v) is 6.17. The highest BCUT2D eigenvalue weighted by molar-refractivity contribution is 5.95. The first kappa shape index (κ1) is 16.3. The van der Waals surface area contributed by atoms with Crippen LogP contribution in [0.15, 0.2) is 24.3 Å². The van der Waals surface area contributed by atoms with E-state index in [-0.39, 0.29) is 31.0 Å². The quantitative estimate of drug-likeness (QED) is 0.741. The van der Waals surface area contributed by atoms with Gasteiger partial charge in [0.15, 0.2) is 0 Å². The van der Waals surface area contributed by atoms with E-state index in [9.17, 15) is 9.59 Å². The molecule has 0 saturated carbocycles.